The van der Waals surface area contributed by atoms with Crippen LogP contribution in [0, 0.1) is 10.1 Å². The van der Waals surface area contributed by atoms with Crippen LogP contribution in [-0.4, -0.2) is 29.5 Å². The number of nitro benzene ring substituents is 1. The molecule has 1 saturated heterocycles. The third kappa shape index (κ3) is 3.68. The van der Waals surface area contributed by atoms with Gasteiger partial charge in [0.25, 0.3) is 5.69 Å². The number of nitrogens with zero attached hydrogens (tertiary/aromatic N) is 2. The molecular formula is C13H20ClN2O2+. The van der Waals surface area contributed by atoms with Crippen molar-refractivity contribution < 1.29 is 9.41 Å². The molecule has 2 rings (SSSR count). The first-order valence-corrected chi connectivity index (χ1v) is 6.16. The molecule has 1 aliphatic rings. The highest BCUT2D eigenvalue weighted by molar-refractivity contribution is 5.85. The summed E-state index contributed by atoms with van der Waals surface area (Å²) in [6.45, 7) is 3.42. The fraction of sp³-hybridized carbons (Fsp3) is 0.538. The highest BCUT2D eigenvalue weighted by Gasteiger charge is 2.24. The van der Waals surface area contributed by atoms with Crippen LogP contribution in [0.3, 0.4) is 0 Å². The number of likely N-dealkylation sites (tertiary alicyclic amines) is 1. The van der Waals surface area contributed by atoms with E-state index in [1.807, 2.05) is 12.1 Å². The number of hydrogen-bond acceptors (Lipinski definition) is 2. The second kappa shape index (κ2) is 6.16. The van der Waals surface area contributed by atoms with Gasteiger partial charge in [0.2, 0.25) is 0 Å². The second-order valence-electron chi connectivity index (χ2n) is 5.21. The van der Waals surface area contributed by atoms with Crippen molar-refractivity contribution in [3.63, 3.8) is 0 Å². The minimum atomic E-state index is -0.346. The third-order valence-corrected chi connectivity index (χ3v) is 3.61. The highest BCUT2D eigenvalue weighted by Crippen LogP contribution is 2.21. The minimum Gasteiger partial charge on any atom is -0.322 e. The molecular weight excluding hydrogens is 252 g/mol. The lowest BCUT2D eigenvalue weighted by Gasteiger charge is -2.37. The Morgan fingerprint density at radius 2 is 1.72 bits per heavy atom. The smallest absolute Gasteiger partial charge is 0.269 e. The third-order valence-electron chi connectivity index (χ3n) is 3.61. The molecule has 0 N–H and O–H groups in total. The van der Waals surface area contributed by atoms with Crippen LogP contribution >= 0.6 is 12.4 Å². The number of halogens is 1. The highest BCUT2D eigenvalue weighted by atomic mass is 35.5. The van der Waals surface area contributed by atoms with Crippen LogP contribution in [0.5, 0.6) is 0 Å². The summed E-state index contributed by atoms with van der Waals surface area (Å²) in [4.78, 5) is 10.2. The van der Waals surface area contributed by atoms with Crippen molar-refractivity contribution in [2.75, 3.05) is 20.1 Å². The van der Waals surface area contributed by atoms with Crippen molar-refractivity contribution in [3.8, 4) is 0 Å². The minimum absolute atomic E-state index is 0. The zero-order valence-electron chi connectivity index (χ0n) is 10.7. The summed E-state index contributed by atoms with van der Waals surface area (Å²) < 4.78 is 1.07. The number of piperidine rings is 1. The molecule has 0 radical (unpaired) electrons. The molecule has 0 aliphatic carbocycles. The molecule has 0 atom stereocenters. The summed E-state index contributed by atoms with van der Waals surface area (Å²) in [6.07, 6.45) is 3.93. The van der Waals surface area contributed by atoms with Gasteiger partial charge in [-0.3, -0.25) is 10.1 Å². The summed E-state index contributed by atoms with van der Waals surface area (Å²) in [6, 6.07) is 6.98. The van der Waals surface area contributed by atoms with Gasteiger partial charge in [0.1, 0.15) is 6.54 Å². The number of nitro groups is 1. The predicted molar refractivity (Wildman–Crippen MR) is 73.8 cm³/mol. The van der Waals surface area contributed by atoms with Gasteiger partial charge in [0.05, 0.1) is 25.1 Å². The van der Waals surface area contributed by atoms with Crippen molar-refractivity contribution in [1.29, 1.82) is 0 Å². The van der Waals surface area contributed by atoms with Crippen LogP contribution in [0.25, 0.3) is 0 Å². The van der Waals surface area contributed by atoms with Crippen LogP contribution in [0.2, 0.25) is 0 Å². The maximum atomic E-state index is 10.6. The van der Waals surface area contributed by atoms with E-state index < -0.39 is 0 Å². The lowest BCUT2D eigenvalue weighted by molar-refractivity contribution is -0.926. The fourth-order valence-corrected chi connectivity index (χ4v) is 2.60. The Balaban J connectivity index is 0.00000162. The maximum absolute atomic E-state index is 10.6. The van der Waals surface area contributed by atoms with Crippen molar-refractivity contribution >= 4 is 18.1 Å². The van der Waals surface area contributed by atoms with Crippen molar-refractivity contribution in [3.05, 3.63) is 39.9 Å². The van der Waals surface area contributed by atoms with E-state index in [1.54, 1.807) is 12.1 Å². The first-order chi connectivity index (χ1) is 8.09. The molecule has 1 aromatic rings. The molecule has 0 unspecified atom stereocenters. The zero-order chi connectivity index (χ0) is 12.3. The van der Waals surface area contributed by atoms with Gasteiger partial charge >= 0.3 is 0 Å². The maximum Gasteiger partial charge on any atom is 0.269 e. The Labute approximate surface area is 114 Å². The Morgan fingerprint density at radius 1 is 1.17 bits per heavy atom. The van der Waals surface area contributed by atoms with E-state index in [4.69, 9.17) is 0 Å². The monoisotopic (exact) mass is 271 g/mol. The molecule has 5 heteroatoms. The molecule has 0 spiro atoms. The van der Waals surface area contributed by atoms with Gasteiger partial charge in [-0.2, -0.15) is 0 Å². The van der Waals surface area contributed by atoms with E-state index in [9.17, 15) is 10.1 Å². The van der Waals surface area contributed by atoms with E-state index >= 15 is 0 Å². The molecule has 18 heavy (non-hydrogen) atoms. The van der Waals surface area contributed by atoms with Gasteiger partial charge < -0.3 is 4.48 Å². The molecule has 0 bridgehead atoms. The number of quaternary nitrogens is 1. The van der Waals surface area contributed by atoms with Crippen LogP contribution in [-0.2, 0) is 6.54 Å². The zero-order valence-corrected chi connectivity index (χ0v) is 11.5. The van der Waals surface area contributed by atoms with E-state index in [0.717, 1.165) is 11.0 Å². The first-order valence-electron chi connectivity index (χ1n) is 6.16. The standard InChI is InChI=1S/C13H19N2O2.ClH/c1-15(9-3-2-4-10-15)11-12-5-7-13(8-6-12)14(16)17;/h5-8H,2-4,9-11H2,1H3;1H/q+1;. The summed E-state index contributed by atoms with van der Waals surface area (Å²) in [5.41, 5.74) is 1.37. The predicted octanol–water partition coefficient (Wildman–Crippen LogP) is 3.15. The van der Waals surface area contributed by atoms with E-state index in [0.29, 0.717) is 0 Å². The largest absolute Gasteiger partial charge is 0.322 e. The Bertz CT molecular complexity index is 400. The van der Waals surface area contributed by atoms with Gasteiger partial charge in [-0.15, -0.1) is 12.4 Å². The lowest BCUT2D eigenvalue weighted by Crippen LogP contribution is -2.46. The Kier molecular flexibility index (Phi) is 5.11. The molecule has 0 saturated carbocycles. The number of hydrogen-bond donors (Lipinski definition) is 0. The SMILES string of the molecule is C[N+]1(Cc2ccc([N+](=O)[O-])cc2)CCCCC1.Cl. The van der Waals surface area contributed by atoms with E-state index in [-0.39, 0.29) is 23.0 Å². The summed E-state index contributed by atoms with van der Waals surface area (Å²) >= 11 is 0. The summed E-state index contributed by atoms with van der Waals surface area (Å²) in [5.74, 6) is 0. The Hall–Kier alpha value is -1.13. The summed E-state index contributed by atoms with van der Waals surface area (Å²) in [7, 11) is 2.28. The van der Waals surface area contributed by atoms with Crippen molar-refractivity contribution in [2.45, 2.75) is 25.8 Å². The van der Waals surface area contributed by atoms with E-state index in [2.05, 4.69) is 7.05 Å². The quantitative estimate of drug-likeness (QED) is 0.481. The molecule has 1 aliphatic heterocycles. The topological polar surface area (TPSA) is 43.1 Å². The van der Waals surface area contributed by atoms with Gasteiger partial charge in [-0.1, -0.05) is 0 Å². The Morgan fingerprint density at radius 3 is 2.22 bits per heavy atom. The van der Waals surface area contributed by atoms with Gasteiger partial charge in [0.15, 0.2) is 0 Å². The second-order valence-corrected chi connectivity index (χ2v) is 5.21. The van der Waals surface area contributed by atoms with Crippen molar-refractivity contribution in [1.82, 2.24) is 0 Å². The fourth-order valence-electron chi connectivity index (χ4n) is 2.60. The van der Waals surface area contributed by atoms with Crippen LogP contribution < -0.4 is 0 Å². The molecule has 1 aromatic carbocycles. The molecule has 4 nitrogen and oxygen atoms in total. The normalized spacial score (nSPS) is 17.8. The van der Waals surface area contributed by atoms with Gasteiger partial charge in [0, 0.05) is 17.7 Å². The average Bonchev–Trinajstić information content (AvgIpc) is 2.30. The molecule has 0 amide bonds. The van der Waals surface area contributed by atoms with Crippen LogP contribution in [0.4, 0.5) is 5.69 Å². The molecule has 100 valence electrons. The average molecular weight is 272 g/mol. The van der Waals surface area contributed by atoms with Crippen molar-refractivity contribution in [2.24, 2.45) is 0 Å². The molecule has 1 fully saturated rings. The molecule has 1 heterocycles. The summed E-state index contributed by atoms with van der Waals surface area (Å²) in [5, 5.41) is 10.6. The van der Waals surface area contributed by atoms with Crippen LogP contribution in [0.1, 0.15) is 24.8 Å². The van der Waals surface area contributed by atoms with Gasteiger partial charge in [-0.05, 0) is 31.4 Å². The van der Waals surface area contributed by atoms with Crippen LogP contribution in [0.15, 0.2) is 24.3 Å². The first kappa shape index (κ1) is 14.9. The lowest BCUT2D eigenvalue weighted by atomic mass is 10.1. The number of benzene rings is 1. The van der Waals surface area contributed by atoms with Gasteiger partial charge in [-0.25, -0.2) is 0 Å². The number of rotatable bonds is 3. The van der Waals surface area contributed by atoms with E-state index in [1.165, 1.54) is 37.9 Å². The molecule has 0 aromatic heterocycles. The number of non-ortho nitro benzene ring substituents is 1.